The minimum absolute atomic E-state index is 0.0810. The third kappa shape index (κ3) is 7.58. The lowest BCUT2D eigenvalue weighted by atomic mass is 9.96. The largest absolute Gasteiger partial charge is 0.484 e. The molecule has 1 aromatic carbocycles. The zero-order valence-corrected chi connectivity index (χ0v) is 24.6. The maximum atomic E-state index is 13.6. The number of fused-ring (bicyclic) bond motifs is 13. The molecule has 4 N–H and O–H groups in total. The van der Waals surface area contributed by atoms with Crippen molar-refractivity contribution in [2.45, 2.75) is 77.0 Å². The number of ether oxygens (including phenoxy) is 1. The third-order valence-electron chi connectivity index (χ3n) is 8.37. The number of nitrogens with zero attached hydrogens (tertiary/aromatic N) is 2. The topological polar surface area (TPSA) is 157 Å². The van der Waals surface area contributed by atoms with Gasteiger partial charge in [-0.3, -0.25) is 24.0 Å². The van der Waals surface area contributed by atoms with Crippen LogP contribution in [0.15, 0.2) is 24.3 Å². The Morgan fingerprint density at radius 1 is 0.976 bits per heavy atom. The highest BCUT2D eigenvalue weighted by atomic mass is 16.5. The molecule has 2 saturated heterocycles. The summed E-state index contributed by atoms with van der Waals surface area (Å²) in [5.74, 6) is -1.63. The fourth-order valence-electron chi connectivity index (χ4n) is 5.74. The van der Waals surface area contributed by atoms with Gasteiger partial charge in [-0.1, -0.05) is 26.0 Å². The van der Waals surface area contributed by atoms with Crippen molar-refractivity contribution in [2.75, 3.05) is 32.8 Å². The number of carbonyl (C=O) groups excluding carboxylic acids is 5. The van der Waals surface area contributed by atoms with Crippen LogP contribution in [-0.2, 0) is 30.4 Å². The zero-order valence-electron chi connectivity index (χ0n) is 24.6. The molecule has 0 unspecified atom stereocenters. The van der Waals surface area contributed by atoms with Gasteiger partial charge in [-0.15, -0.1) is 0 Å². The molecule has 0 radical (unpaired) electrons. The number of hydrogen-bond donors (Lipinski definition) is 4. The second-order valence-electron chi connectivity index (χ2n) is 11.9. The van der Waals surface area contributed by atoms with Crippen molar-refractivity contribution in [1.82, 2.24) is 25.8 Å². The van der Waals surface area contributed by atoms with Gasteiger partial charge in [-0.2, -0.15) is 0 Å². The number of carbonyl (C=O) groups is 5. The Bertz CT molecular complexity index is 1150. The standard InChI is InChI=1S/C30H43N5O7/c1-18(2)26-30(41)35-12-4-5-24(35)28(39)31-19(3)27(38)32-23(29(40)34-13-10-21(16-36)11-14-34)15-20-6-8-22(9-7-20)42-17-25(37)33-26/h6-9,18-19,21,23-24,26,36H,4-5,10-17H2,1-3H3,(H,31,39)(H,32,38)(H,33,37)/t19-,23-,24+,26-/m0/s1. The summed E-state index contributed by atoms with van der Waals surface area (Å²) < 4.78 is 5.66. The van der Waals surface area contributed by atoms with Crippen LogP contribution in [-0.4, -0.2) is 101 Å². The van der Waals surface area contributed by atoms with E-state index in [1.165, 1.54) is 4.90 Å². The smallest absolute Gasteiger partial charge is 0.258 e. The lowest BCUT2D eigenvalue weighted by molar-refractivity contribution is -0.143. The van der Waals surface area contributed by atoms with Crippen LogP contribution in [0.1, 0.15) is 52.0 Å². The van der Waals surface area contributed by atoms with E-state index in [4.69, 9.17) is 4.74 Å². The Kier molecular flexibility index (Phi) is 10.4. The number of benzene rings is 1. The Balaban J connectivity index is 1.58. The molecule has 5 amide bonds. The Morgan fingerprint density at radius 2 is 1.67 bits per heavy atom. The molecule has 2 bridgehead atoms. The molecule has 230 valence electrons. The van der Waals surface area contributed by atoms with Gasteiger partial charge < -0.3 is 35.6 Å². The minimum Gasteiger partial charge on any atom is -0.484 e. The molecule has 0 aliphatic carbocycles. The van der Waals surface area contributed by atoms with E-state index in [1.54, 1.807) is 36.1 Å². The van der Waals surface area contributed by atoms with Gasteiger partial charge in [0.25, 0.3) is 5.91 Å². The summed E-state index contributed by atoms with van der Waals surface area (Å²) in [7, 11) is 0. The van der Waals surface area contributed by atoms with Crippen LogP contribution in [0, 0.1) is 11.8 Å². The van der Waals surface area contributed by atoms with Gasteiger partial charge in [0.15, 0.2) is 6.61 Å². The lowest BCUT2D eigenvalue weighted by Crippen LogP contribution is -2.58. The second-order valence-corrected chi connectivity index (χ2v) is 11.9. The zero-order chi connectivity index (χ0) is 30.4. The third-order valence-corrected chi connectivity index (χ3v) is 8.37. The fourth-order valence-corrected chi connectivity index (χ4v) is 5.74. The summed E-state index contributed by atoms with van der Waals surface area (Å²) in [6, 6.07) is 3.48. The van der Waals surface area contributed by atoms with Crippen LogP contribution in [0.5, 0.6) is 5.75 Å². The molecule has 5 rings (SSSR count). The molecule has 12 nitrogen and oxygen atoms in total. The quantitative estimate of drug-likeness (QED) is 0.388. The molecule has 1 aromatic rings. The number of piperidine rings is 1. The predicted octanol–water partition coefficient (Wildman–Crippen LogP) is -0.0263. The molecule has 4 heterocycles. The van der Waals surface area contributed by atoms with Gasteiger partial charge >= 0.3 is 0 Å². The van der Waals surface area contributed by atoms with Crippen molar-refractivity contribution >= 4 is 29.5 Å². The van der Waals surface area contributed by atoms with Gasteiger partial charge in [-0.05, 0) is 62.1 Å². The van der Waals surface area contributed by atoms with E-state index in [2.05, 4.69) is 16.0 Å². The van der Waals surface area contributed by atoms with Gasteiger partial charge in [-0.25, -0.2) is 0 Å². The SMILES string of the molecule is CC(C)[C@@H]1NC(=O)COc2ccc(cc2)C[C@@H](C(=O)N2CCC(CO)CC2)NC(=O)[C@H](C)NC(=O)[C@H]2CCCN2C1=O. The summed E-state index contributed by atoms with van der Waals surface area (Å²) in [6.45, 7) is 6.32. The lowest BCUT2D eigenvalue weighted by Gasteiger charge is -2.34. The van der Waals surface area contributed by atoms with E-state index in [0.717, 1.165) is 5.56 Å². The average molecular weight is 586 g/mol. The normalized spacial score (nSPS) is 26.9. The van der Waals surface area contributed by atoms with Gasteiger partial charge in [0, 0.05) is 32.7 Å². The van der Waals surface area contributed by atoms with Crippen LogP contribution >= 0.6 is 0 Å². The number of aliphatic hydroxyl groups is 1. The summed E-state index contributed by atoms with van der Waals surface area (Å²) in [4.78, 5) is 69.6. The van der Waals surface area contributed by atoms with Gasteiger partial charge in [0.05, 0.1) is 0 Å². The van der Waals surface area contributed by atoms with Crippen molar-refractivity contribution in [3.05, 3.63) is 29.8 Å². The molecule has 0 aromatic heterocycles. The van der Waals surface area contributed by atoms with Crippen molar-refractivity contribution in [2.24, 2.45) is 11.8 Å². The first-order valence-corrected chi connectivity index (χ1v) is 14.9. The highest BCUT2D eigenvalue weighted by Gasteiger charge is 2.39. The highest BCUT2D eigenvalue weighted by molar-refractivity contribution is 5.96. The monoisotopic (exact) mass is 585 g/mol. The maximum absolute atomic E-state index is 13.6. The van der Waals surface area contributed by atoms with Crippen LogP contribution in [0.4, 0.5) is 0 Å². The van der Waals surface area contributed by atoms with E-state index in [1.807, 2.05) is 13.8 Å². The van der Waals surface area contributed by atoms with Crippen molar-refractivity contribution < 1.29 is 33.8 Å². The molecule has 4 aliphatic heterocycles. The first-order valence-electron chi connectivity index (χ1n) is 14.9. The molecule has 2 fully saturated rings. The molecule has 4 atom stereocenters. The summed E-state index contributed by atoms with van der Waals surface area (Å²) in [5.41, 5.74) is 0.775. The number of hydrogen-bond acceptors (Lipinski definition) is 7. The van der Waals surface area contributed by atoms with Gasteiger partial charge in [0.1, 0.15) is 29.9 Å². The number of likely N-dealkylation sites (tertiary alicyclic amines) is 1. The second kappa shape index (κ2) is 14.0. The van der Waals surface area contributed by atoms with Crippen LogP contribution < -0.4 is 20.7 Å². The number of amides is 5. The molecule has 0 saturated carbocycles. The number of rotatable bonds is 3. The van der Waals surface area contributed by atoms with Crippen molar-refractivity contribution in [1.29, 1.82) is 0 Å². The Morgan fingerprint density at radius 3 is 2.31 bits per heavy atom. The molecule has 42 heavy (non-hydrogen) atoms. The van der Waals surface area contributed by atoms with Crippen molar-refractivity contribution in [3.8, 4) is 5.75 Å². The first kappa shape index (κ1) is 31.3. The van der Waals surface area contributed by atoms with E-state index < -0.39 is 41.9 Å². The maximum Gasteiger partial charge on any atom is 0.258 e. The summed E-state index contributed by atoms with van der Waals surface area (Å²) in [5, 5.41) is 17.8. The average Bonchev–Trinajstić information content (AvgIpc) is 3.48. The summed E-state index contributed by atoms with van der Waals surface area (Å²) >= 11 is 0. The van der Waals surface area contributed by atoms with E-state index in [0.29, 0.717) is 51.1 Å². The molecule has 4 aliphatic rings. The first-order chi connectivity index (χ1) is 20.1. The van der Waals surface area contributed by atoms with Crippen molar-refractivity contribution in [3.63, 3.8) is 0 Å². The van der Waals surface area contributed by atoms with Crippen LogP contribution in [0.25, 0.3) is 0 Å². The van der Waals surface area contributed by atoms with Crippen LogP contribution in [0.2, 0.25) is 0 Å². The Hall–Kier alpha value is -3.67. The van der Waals surface area contributed by atoms with Crippen LogP contribution in [0.3, 0.4) is 0 Å². The molecule has 12 heteroatoms. The van der Waals surface area contributed by atoms with E-state index in [9.17, 15) is 29.1 Å². The van der Waals surface area contributed by atoms with Gasteiger partial charge in [0.2, 0.25) is 23.6 Å². The predicted molar refractivity (Wildman–Crippen MR) is 153 cm³/mol. The van der Waals surface area contributed by atoms with E-state index >= 15 is 0 Å². The molecular formula is C30H43N5O7. The fraction of sp³-hybridized carbons (Fsp3) is 0.633. The number of aliphatic hydroxyl groups excluding tert-OH is 1. The Labute approximate surface area is 246 Å². The van der Waals surface area contributed by atoms with E-state index in [-0.39, 0.29) is 43.3 Å². The number of nitrogens with one attached hydrogen (secondary N) is 3. The minimum atomic E-state index is -0.955. The summed E-state index contributed by atoms with van der Waals surface area (Å²) in [6.07, 6.45) is 2.64. The highest BCUT2D eigenvalue weighted by Crippen LogP contribution is 2.22. The molecule has 0 spiro atoms. The molecular weight excluding hydrogens is 542 g/mol.